The Morgan fingerprint density at radius 3 is 2.43 bits per heavy atom. The van der Waals surface area contributed by atoms with E-state index in [4.69, 9.17) is 0 Å². The molecule has 1 rings (SSSR count). The quantitative estimate of drug-likeness (QED) is 0.754. The molecule has 0 spiro atoms. The number of likely N-dealkylation sites (N-methyl/N-ethyl adjacent to an activating group) is 1. The van der Waals surface area contributed by atoms with Gasteiger partial charge in [-0.15, -0.1) is 0 Å². The Kier molecular flexibility index (Phi) is 3.92. The van der Waals surface area contributed by atoms with Gasteiger partial charge in [0.15, 0.2) is 0 Å². The zero-order chi connectivity index (χ0) is 10.6. The third-order valence-electron chi connectivity index (χ3n) is 2.18. The Bertz CT molecular complexity index is 286. The van der Waals surface area contributed by atoms with E-state index >= 15 is 0 Å². The van der Waals surface area contributed by atoms with E-state index in [-0.39, 0.29) is 18.3 Å². The smallest absolute Gasteiger partial charge is 0.119 e. The van der Waals surface area contributed by atoms with Crippen LogP contribution in [0.5, 0.6) is 5.75 Å². The van der Waals surface area contributed by atoms with Crippen LogP contribution in [0.3, 0.4) is 0 Å². The number of benzene rings is 1. The molecule has 1 atom stereocenters. The Labute approximate surface area is 84.6 Å². The fourth-order valence-corrected chi connectivity index (χ4v) is 1.53. The van der Waals surface area contributed by atoms with Crippen molar-refractivity contribution in [2.45, 2.75) is 5.92 Å². The highest BCUT2D eigenvalue weighted by molar-refractivity contribution is 5.35. The van der Waals surface area contributed by atoms with Crippen molar-refractivity contribution in [1.29, 1.82) is 0 Å². The van der Waals surface area contributed by atoms with Crippen molar-refractivity contribution in [2.24, 2.45) is 0 Å². The predicted molar refractivity (Wildman–Crippen MR) is 56.5 cm³/mol. The molecule has 0 aliphatic carbocycles. The third-order valence-corrected chi connectivity index (χ3v) is 2.18. The summed E-state index contributed by atoms with van der Waals surface area (Å²) in [4.78, 5) is 1.99. The van der Waals surface area contributed by atoms with Gasteiger partial charge in [0.05, 0.1) is 6.61 Å². The summed E-state index contributed by atoms with van der Waals surface area (Å²) in [6.45, 7) is 0.782. The first kappa shape index (κ1) is 11.0. The molecule has 78 valence electrons. The Balaban J connectivity index is 2.83. The molecule has 1 aromatic rings. The zero-order valence-electron chi connectivity index (χ0n) is 8.64. The molecule has 0 heterocycles. The molecule has 1 aromatic carbocycles. The number of phenolic OH excluding ortho intramolecular Hbond substituents is 1. The molecule has 0 saturated heterocycles. The summed E-state index contributed by atoms with van der Waals surface area (Å²) >= 11 is 0. The maximum Gasteiger partial charge on any atom is 0.119 e. The van der Waals surface area contributed by atoms with Crippen LogP contribution in [0.1, 0.15) is 11.5 Å². The largest absolute Gasteiger partial charge is 0.508 e. The second kappa shape index (κ2) is 4.98. The first-order chi connectivity index (χ1) is 6.65. The lowest BCUT2D eigenvalue weighted by Crippen LogP contribution is -2.22. The average molecular weight is 195 g/mol. The predicted octanol–water partition coefficient (Wildman–Crippen LogP) is 1.03. The first-order valence-corrected chi connectivity index (χ1v) is 4.68. The van der Waals surface area contributed by atoms with Gasteiger partial charge in [-0.2, -0.15) is 0 Å². The van der Waals surface area contributed by atoms with E-state index < -0.39 is 0 Å². The van der Waals surface area contributed by atoms with Gasteiger partial charge in [-0.1, -0.05) is 18.2 Å². The topological polar surface area (TPSA) is 43.7 Å². The molecule has 14 heavy (non-hydrogen) atoms. The van der Waals surface area contributed by atoms with Crippen molar-refractivity contribution in [2.75, 3.05) is 27.2 Å². The molecule has 0 aliphatic rings. The van der Waals surface area contributed by atoms with Crippen molar-refractivity contribution in [3.05, 3.63) is 29.8 Å². The Morgan fingerprint density at radius 2 is 1.93 bits per heavy atom. The number of hydrogen-bond donors (Lipinski definition) is 2. The molecule has 0 bridgehead atoms. The van der Waals surface area contributed by atoms with E-state index in [2.05, 4.69) is 0 Å². The van der Waals surface area contributed by atoms with Crippen LogP contribution in [0.15, 0.2) is 24.3 Å². The number of nitrogens with zero attached hydrogens (tertiary/aromatic N) is 1. The highest BCUT2D eigenvalue weighted by Crippen LogP contribution is 2.25. The molecule has 3 heteroatoms. The van der Waals surface area contributed by atoms with Gasteiger partial charge in [-0.25, -0.2) is 0 Å². The highest BCUT2D eigenvalue weighted by Gasteiger charge is 2.14. The Hall–Kier alpha value is -1.06. The summed E-state index contributed by atoms with van der Waals surface area (Å²) in [7, 11) is 3.89. The molecule has 3 nitrogen and oxygen atoms in total. The van der Waals surface area contributed by atoms with Crippen LogP contribution < -0.4 is 0 Å². The van der Waals surface area contributed by atoms with Crippen molar-refractivity contribution < 1.29 is 10.2 Å². The molecule has 0 aromatic heterocycles. The number of phenols is 1. The third kappa shape index (κ3) is 2.72. The van der Waals surface area contributed by atoms with Gasteiger partial charge >= 0.3 is 0 Å². The summed E-state index contributed by atoms with van der Waals surface area (Å²) in [6.07, 6.45) is 0. The number of para-hydroxylation sites is 1. The summed E-state index contributed by atoms with van der Waals surface area (Å²) in [5.74, 6) is 0.236. The van der Waals surface area contributed by atoms with E-state index in [9.17, 15) is 10.2 Å². The minimum atomic E-state index is -0.0220. The summed E-state index contributed by atoms with van der Waals surface area (Å²) in [6, 6.07) is 7.14. The zero-order valence-corrected chi connectivity index (χ0v) is 8.64. The van der Waals surface area contributed by atoms with Gasteiger partial charge in [-0.05, 0) is 20.2 Å². The van der Waals surface area contributed by atoms with Gasteiger partial charge in [0.2, 0.25) is 0 Å². The van der Waals surface area contributed by atoms with Crippen LogP contribution in [-0.2, 0) is 0 Å². The monoisotopic (exact) mass is 195 g/mol. The SMILES string of the molecule is CN(C)CC(CO)c1ccccc1O. The number of rotatable bonds is 4. The molecule has 0 saturated carbocycles. The lowest BCUT2D eigenvalue weighted by molar-refractivity contribution is 0.232. The number of aliphatic hydroxyl groups excluding tert-OH is 1. The standard InChI is InChI=1S/C11H17NO2/c1-12(2)7-9(8-13)10-5-3-4-6-11(10)14/h3-6,9,13-14H,7-8H2,1-2H3. The van der Waals surface area contributed by atoms with E-state index in [1.807, 2.05) is 31.1 Å². The first-order valence-electron chi connectivity index (χ1n) is 4.68. The van der Waals surface area contributed by atoms with Gasteiger partial charge in [0, 0.05) is 18.0 Å². The average Bonchev–Trinajstić information content (AvgIpc) is 2.15. The van der Waals surface area contributed by atoms with Crippen LogP contribution in [-0.4, -0.2) is 42.4 Å². The maximum absolute atomic E-state index is 9.60. The maximum atomic E-state index is 9.60. The molecular formula is C11H17NO2. The second-order valence-electron chi connectivity index (χ2n) is 3.70. The van der Waals surface area contributed by atoms with Gasteiger partial charge < -0.3 is 15.1 Å². The van der Waals surface area contributed by atoms with E-state index in [0.29, 0.717) is 0 Å². The molecule has 0 amide bonds. The van der Waals surface area contributed by atoms with E-state index in [1.54, 1.807) is 12.1 Å². The normalized spacial score (nSPS) is 13.1. The molecule has 0 aliphatic heterocycles. The molecule has 0 fully saturated rings. The summed E-state index contributed by atoms with van der Waals surface area (Å²) in [5, 5.41) is 18.8. The van der Waals surface area contributed by atoms with E-state index in [0.717, 1.165) is 12.1 Å². The number of aromatic hydroxyl groups is 1. The van der Waals surface area contributed by atoms with Crippen LogP contribution >= 0.6 is 0 Å². The fraction of sp³-hybridized carbons (Fsp3) is 0.455. The van der Waals surface area contributed by atoms with Crippen LogP contribution in [0.4, 0.5) is 0 Å². The fourth-order valence-electron chi connectivity index (χ4n) is 1.53. The highest BCUT2D eigenvalue weighted by atomic mass is 16.3. The number of aliphatic hydroxyl groups is 1. The number of hydrogen-bond acceptors (Lipinski definition) is 3. The molecular weight excluding hydrogens is 178 g/mol. The van der Waals surface area contributed by atoms with Crippen LogP contribution in [0, 0.1) is 0 Å². The lowest BCUT2D eigenvalue weighted by atomic mass is 9.98. The van der Waals surface area contributed by atoms with Gasteiger partial charge in [-0.3, -0.25) is 0 Å². The van der Waals surface area contributed by atoms with Crippen molar-refractivity contribution in [1.82, 2.24) is 4.90 Å². The van der Waals surface area contributed by atoms with Crippen molar-refractivity contribution >= 4 is 0 Å². The second-order valence-corrected chi connectivity index (χ2v) is 3.70. The van der Waals surface area contributed by atoms with Crippen molar-refractivity contribution in [3.63, 3.8) is 0 Å². The summed E-state index contributed by atoms with van der Waals surface area (Å²) < 4.78 is 0. The minimum Gasteiger partial charge on any atom is -0.508 e. The van der Waals surface area contributed by atoms with Gasteiger partial charge in [0.25, 0.3) is 0 Å². The summed E-state index contributed by atoms with van der Waals surface area (Å²) in [5.41, 5.74) is 0.809. The van der Waals surface area contributed by atoms with Crippen LogP contribution in [0.25, 0.3) is 0 Å². The molecule has 1 unspecified atom stereocenters. The van der Waals surface area contributed by atoms with Gasteiger partial charge in [0.1, 0.15) is 5.75 Å². The molecule has 0 radical (unpaired) electrons. The minimum absolute atomic E-state index is 0.0220. The molecule has 2 N–H and O–H groups in total. The van der Waals surface area contributed by atoms with E-state index in [1.165, 1.54) is 0 Å². The van der Waals surface area contributed by atoms with Crippen molar-refractivity contribution in [3.8, 4) is 5.75 Å². The Morgan fingerprint density at radius 1 is 1.29 bits per heavy atom. The lowest BCUT2D eigenvalue weighted by Gasteiger charge is -2.19. The van der Waals surface area contributed by atoms with Crippen LogP contribution in [0.2, 0.25) is 0 Å².